The standard InChI is InChI=1S/C16H24N2O2/c1-2-17-14-9-7-13(8-10-14)16(20)18-11-5-3-4-6-15(18)12-19/h7-10,15,17,19H,2-6,11-12H2,1H3. The first kappa shape index (κ1) is 14.9. The van der Waals surface area contributed by atoms with Crippen LogP contribution in [0.5, 0.6) is 0 Å². The quantitative estimate of drug-likeness (QED) is 0.888. The predicted molar refractivity (Wildman–Crippen MR) is 81.0 cm³/mol. The van der Waals surface area contributed by atoms with Crippen LogP contribution < -0.4 is 5.32 Å². The second-order valence-corrected chi connectivity index (χ2v) is 5.29. The predicted octanol–water partition coefficient (Wildman–Crippen LogP) is 2.50. The zero-order chi connectivity index (χ0) is 14.4. The van der Waals surface area contributed by atoms with Crippen molar-refractivity contribution in [2.24, 2.45) is 0 Å². The molecule has 0 bridgehead atoms. The van der Waals surface area contributed by atoms with Crippen molar-refractivity contribution in [2.45, 2.75) is 38.6 Å². The van der Waals surface area contributed by atoms with E-state index in [2.05, 4.69) is 5.32 Å². The summed E-state index contributed by atoms with van der Waals surface area (Å²) in [7, 11) is 0. The summed E-state index contributed by atoms with van der Waals surface area (Å²) in [6.45, 7) is 3.72. The van der Waals surface area contributed by atoms with Crippen LogP contribution in [0.2, 0.25) is 0 Å². The van der Waals surface area contributed by atoms with Crippen LogP contribution in [0.3, 0.4) is 0 Å². The molecule has 0 aliphatic carbocycles. The van der Waals surface area contributed by atoms with Gasteiger partial charge in [-0.05, 0) is 44.0 Å². The van der Waals surface area contributed by atoms with Crippen molar-refractivity contribution < 1.29 is 9.90 Å². The minimum absolute atomic E-state index is 0.0292. The summed E-state index contributed by atoms with van der Waals surface area (Å²) in [6, 6.07) is 7.56. The fourth-order valence-electron chi connectivity index (χ4n) is 2.74. The number of carbonyl (C=O) groups is 1. The molecule has 1 fully saturated rings. The third kappa shape index (κ3) is 3.51. The molecule has 1 aromatic rings. The third-order valence-electron chi connectivity index (χ3n) is 3.86. The molecule has 1 aliphatic rings. The maximum atomic E-state index is 12.6. The van der Waals surface area contributed by atoms with Crippen LogP contribution in [0.4, 0.5) is 5.69 Å². The molecule has 0 aromatic heterocycles. The van der Waals surface area contributed by atoms with Crippen molar-refractivity contribution in [2.75, 3.05) is 25.0 Å². The maximum Gasteiger partial charge on any atom is 0.254 e. The van der Waals surface area contributed by atoms with Gasteiger partial charge >= 0.3 is 0 Å². The highest BCUT2D eigenvalue weighted by Gasteiger charge is 2.25. The van der Waals surface area contributed by atoms with Gasteiger partial charge < -0.3 is 15.3 Å². The number of carbonyl (C=O) groups excluding carboxylic acids is 1. The Hall–Kier alpha value is -1.55. The average molecular weight is 276 g/mol. The second-order valence-electron chi connectivity index (χ2n) is 5.29. The largest absolute Gasteiger partial charge is 0.394 e. The van der Waals surface area contributed by atoms with Crippen LogP contribution in [0, 0.1) is 0 Å². The van der Waals surface area contributed by atoms with Gasteiger partial charge in [0, 0.05) is 24.3 Å². The van der Waals surface area contributed by atoms with E-state index >= 15 is 0 Å². The number of hydrogen-bond donors (Lipinski definition) is 2. The molecule has 4 heteroatoms. The topological polar surface area (TPSA) is 52.6 Å². The van der Waals surface area contributed by atoms with Gasteiger partial charge in [-0.2, -0.15) is 0 Å². The zero-order valence-corrected chi connectivity index (χ0v) is 12.1. The Kier molecular flexibility index (Phi) is 5.41. The highest BCUT2D eigenvalue weighted by molar-refractivity contribution is 5.94. The van der Waals surface area contributed by atoms with Crippen molar-refractivity contribution >= 4 is 11.6 Å². The highest BCUT2D eigenvalue weighted by atomic mass is 16.3. The third-order valence-corrected chi connectivity index (χ3v) is 3.86. The monoisotopic (exact) mass is 276 g/mol. The van der Waals surface area contributed by atoms with E-state index in [1.54, 1.807) is 0 Å². The van der Waals surface area contributed by atoms with Crippen molar-refractivity contribution in [3.05, 3.63) is 29.8 Å². The Morgan fingerprint density at radius 1 is 1.30 bits per heavy atom. The highest BCUT2D eigenvalue weighted by Crippen LogP contribution is 2.20. The molecule has 0 spiro atoms. The average Bonchev–Trinajstić information content (AvgIpc) is 2.72. The molecular formula is C16H24N2O2. The fourth-order valence-corrected chi connectivity index (χ4v) is 2.74. The summed E-state index contributed by atoms with van der Waals surface area (Å²) >= 11 is 0. The Morgan fingerprint density at radius 3 is 2.70 bits per heavy atom. The number of anilines is 1. The lowest BCUT2D eigenvalue weighted by atomic mass is 10.1. The number of hydrogen-bond acceptors (Lipinski definition) is 3. The van der Waals surface area contributed by atoms with E-state index in [-0.39, 0.29) is 18.6 Å². The Morgan fingerprint density at radius 2 is 2.05 bits per heavy atom. The molecule has 1 unspecified atom stereocenters. The zero-order valence-electron chi connectivity index (χ0n) is 12.1. The first-order chi connectivity index (χ1) is 9.76. The van der Waals surface area contributed by atoms with Gasteiger partial charge in [-0.1, -0.05) is 12.8 Å². The Bertz CT molecular complexity index is 431. The summed E-state index contributed by atoms with van der Waals surface area (Å²) in [4.78, 5) is 14.4. The molecule has 2 N–H and O–H groups in total. The molecule has 2 rings (SSSR count). The molecular weight excluding hydrogens is 252 g/mol. The minimum atomic E-state index is -0.0292. The van der Waals surface area contributed by atoms with E-state index in [1.165, 1.54) is 0 Å². The number of aliphatic hydroxyl groups is 1. The van der Waals surface area contributed by atoms with Gasteiger partial charge in [0.1, 0.15) is 0 Å². The molecule has 1 aliphatic heterocycles. The molecule has 1 aromatic carbocycles. The van der Waals surface area contributed by atoms with Gasteiger partial charge in [0.05, 0.1) is 12.6 Å². The van der Waals surface area contributed by atoms with Crippen LogP contribution in [0.15, 0.2) is 24.3 Å². The smallest absolute Gasteiger partial charge is 0.254 e. The molecule has 1 saturated heterocycles. The SMILES string of the molecule is CCNc1ccc(C(=O)N2CCCCCC2CO)cc1. The second kappa shape index (κ2) is 7.29. The van der Waals surface area contributed by atoms with E-state index in [0.29, 0.717) is 5.56 Å². The fraction of sp³-hybridized carbons (Fsp3) is 0.562. The summed E-state index contributed by atoms with van der Waals surface area (Å²) in [5.74, 6) is 0.0361. The van der Waals surface area contributed by atoms with Gasteiger partial charge in [-0.15, -0.1) is 0 Å². The van der Waals surface area contributed by atoms with Crippen LogP contribution in [0.1, 0.15) is 43.0 Å². The van der Waals surface area contributed by atoms with E-state index in [9.17, 15) is 9.90 Å². The van der Waals surface area contributed by atoms with Crippen molar-refractivity contribution in [1.29, 1.82) is 0 Å². The molecule has 1 atom stereocenters. The number of aliphatic hydroxyl groups excluding tert-OH is 1. The van der Waals surface area contributed by atoms with E-state index in [4.69, 9.17) is 0 Å². The van der Waals surface area contributed by atoms with E-state index in [1.807, 2.05) is 36.1 Å². The number of amides is 1. The summed E-state index contributed by atoms with van der Waals surface area (Å²) in [5, 5.41) is 12.7. The normalized spacial score (nSPS) is 19.5. The first-order valence-electron chi connectivity index (χ1n) is 7.52. The minimum Gasteiger partial charge on any atom is -0.394 e. The molecule has 1 heterocycles. The lowest BCUT2D eigenvalue weighted by Crippen LogP contribution is -2.42. The van der Waals surface area contributed by atoms with Crippen LogP contribution in [-0.2, 0) is 0 Å². The van der Waals surface area contributed by atoms with Crippen molar-refractivity contribution in [3.63, 3.8) is 0 Å². The number of likely N-dealkylation sites (tertiary alicyclic amines) is 1. The molecule has 4 nitrogen and oxygen atoms in total. The first-order valence-corrected chi connectivity index (χ1v) is 7.52. The molecule has 0 radical (unpaired) electrons. The lowest BCUT2D eigenvalue weighted by Gasteiger charge is -2.28. The molecule has 110 valence electrons. The van der Waals surface area contributed by atoms with Gasteiger partial charge in [0.2, 0.25) is 0 Å². The number of benzene rings is 1. The van der Waals surface area contributed by atoms with Crippen molar-refractivity contribution in [1.82, 2.24) is 4.90 Å². The Balaban J connectivity index is 2.11. The van der Waals surface area contributed by atoms with E-state index in [0.717, 1.165) is 44.5 Å². The number of rotatable bonds is 4. The van der Waals surface area contributed by atoms with Crippen LogP contribution in [0.25, 0.3) is 0 Å². The van der Waals surface area contributed by atoms with Crippen LogP contribution in [-0.4, -0.2) is 41.7 Å². The van der Waals surface area contributed by atoms with Crippen molar-refractivity contribution in [3.8, 4) is 0 Å². The van der Waals surface area contributed by atoms with Gasteiger partial charge in [-0.25, -0.2) is 0 Å². The lowest BCUT2D eigenvalue weighted by molar-refractivity contribution is 0.0600. The van der Waals surface area contributed by atoms with Gasteiger partial charge in [0.15, 0.2) is 0 Å². The molecule has 20 heavy (non-hydrogen) atoms. The van der Waals surface area contributed by atoms with E-state index < -0.39 is 0 Å². The summed E-state index contributed by atoms with van der Waals surface area (Å²) in [5.41, 5.74) is 1.73. The summed E-state index contributed by atoms with van der Waals surface area (Å²) in [6.07, 6.45) is 4.16. The Labute approximate surface area is 120 Å². The molecule has 0 saturated carbocycles. The number of nitrogens with one attached hydrogen (secondary N) is 1. The molecule has 1 amide bonds. The summed E-state index contributed by atoms with van der Waals surface area (Å²) < 4.78 is 0. The van der Waals surface area contributed by atoms with Gasteiger partial charge in [-0.3, -0.25) is 4.79 Å². The number of nitrogens with zero attached hydrogens (tertiary/aromatic N) is 1. The maximum absolute atomic E-state index is 12.6. The van der Waals surface area contributed by atoms with Gasteiger partial charge in [0.25, 0.3) is 5.91 Å². The van der Waals surface area contributed by atoms with Crippen LogP contribution >= 0.6 is 0 Å².